The van der Waals surface area contributed by atoms with Gasteiger partial charge >= 0.3 is 0 Å². The molecule has 19 heavy (non-hydrogen) atoms. The smallest absolute Gasteiger partial charge is 0.228 e. The largest absolute Gasteiger partial charge is 0.399 e. The number of nitrogens with two attached hydrogens (primary N) is 1. The lowest BCUT2D eigenvalue weighted by Gasteiger charge is -2.12. The van der Waals surface area contributed by atoms with Crippen molar-refractivity contribution in [3.8, 4) is 0 Å². The third-order valence-corrected chi connectivity index (χ3v) is 5.56. The Morgan fingerprint density at radius 1 is 1.26 bits per heavy atom. The molecule has 0 saturated heterocycles. The van der Waals surface area contributed by atoms with Crippen molar-refractivity contribution in [1.82, 2.24) is 0 Å². The average molecular weight is 256 g/mol. The van der Waals surface area contributed by atoms with E-state index in [1.807, 2.05) is 25.1 Å². The molecule has 0 spiro atoms. The summed E-state index contributed by atoms with van der Waals surface area (Å²) in [4.78, 5) is 12.4. The van der Waals surface area contributed by atoms with Crippen LogP contribution in [-0.2, 0) is 4.79 Å². The van der Waals surface area contributed by atoms with Crippen LogP contribution in [0.4, 0.5) is 11.4 Å². The highest BCUT2D eigenvalue weighted by Crippen LogP contribution is 2.69. The van der Waals surface area contributed by atoms with Crippen LogP contribution in [0.3, 0.4) is 0 Å². The van der Waals surface area contributed by atoms with E-state index in [9.17, 15) is 4.79 Å². The molecule has 3 N–H and O–H groups in total. The second-order valence-corrected chi connectivity index (χ2v) is 6.58. The number of rotatable bonds is 2. The van der Waals surface area contributed by atoms with Crippen LogP contribution >= 0.6 is 0 Å². The highest BCUT2D eigenvalue weighted by Gasteiger charge is 2.67. The molecule has 100 valence electrons. The molecule has 3 aliphatic carbocycles. The van der Waals surface area contributed by atoms with Crippen LogP contribution in [0.2, 0.25) is 0 Å². The van der Waals surface area contributed by atoms with Crippen LogP contribution in [0.25, 0.3) is 0 Å². The van der Waals surface area contributed by atoms with Crippen molar-refractivity contribution in [2.75, 3.05) is 11.1 Å². The van der Waals surface area contributed by atoms with Crippen molar-refractivity contribution >= 4 is 17.3 Å². The molecule has 1 aromatic rings. The van der Waals surface area contributed by atoms with Crippen LogP contribution in [0.5, 0.6) is 0 Å². The summed E-state index contributed by atoms with van der Waals surface area (Å²) in [5, 5.41) is 3.09. The normalized spacial score (nSPS) is 38.1. The van der Waals surface area contributed by atoms with Gasteiger partial charge in [0.05, 0.1) is 0 Å². The molecule has 4 atom stereocenters. The molecular weight excluding hydrogens is 236 g/mol. The number of fused-ring (bicyclic) bond motifs is 5. The third kappa shape index (κ3) is 1.60. The maximum Gasteiger partial charge on any atom is 0.228 e. The molecule has 3 aliphatic rings. The number of aryl methyl sites for hydroxylation is 1. The summed E-state index contributed by atoms with van der Waals surface area (Å²) >= 11 is 0. The summed E-state index contributed by atoms with van der Waals surface area (Å²) in [7, 11) is 0. The molecule has 4 rings (SSSR count). The van der Waals surface area contributed by atoms with Gasteiger partial charge in [0, 0.05) is 17.3 Å². The van der Waals surface area contributed by atoms with Gasteiger partial charge in [-0.05, 0) is 67.6 Å². The van der Waals surface area contributed by atoms with Gasteiger partial charge in [0.15, 0.2) is 0 Å². The monoisotopic (exact) mass is 256 g/mol. The summed E-state index contributed by atoms with van der Waals surface area (Å²) in [5.74, 6) is 3.58. The first-order valence-corrected chi connectivity index (χ1v) is 7.32. The van der Waals surface area contributed by atoms with Crippen molar-refractivity contribution in [1.29, 1.82) is 0 Å². The first-order valence-electron chi connectivity index (χ1n) is 7.32. The second kappa shape index (κ2) is 3.75. The van der Waals surface area contributed by atoms with Crippen LogP contribution < -0.4 is 11.1 Å². The van der Waals surface area contributed by atoms with Gasteiger partial charge < -0.3 is 11.1 Å². The number of nitrogen functional groups attached to an aromatic ring is 1. The number of anilines is 2. The van der Waals surface area contributed by atoms with Gasteiger partial charge in [-0.25, -0.2) is 0 Å². The highest BCUT2D eigenvalue weighted by atomic mass is 16.2. The number of carbonyl (C=O) groups excluding carboxylic acids is 1. The van der Waals surface area contributed by atoms with Crippen LogP contribution in [0, 0.1) is 36.5 Å². The number of nitrogens with one attached hydrogen (secondary N) is 1. The van der Waals surface area contributed by atoms with Gasteiger partial charge in [0.2, 0.25) is 5.91 Å². The van der Waals surface area contributed by atoms with Gasteiger partial charge in [-0.1, -0.05) is 6.07 Å². The Kier molecular flexibility index (Phi) is 2.23. The number of carbonyl (C=O) groups is 1. The van der Waals surface area contributed by atoms with Gasteiger partial charge in [-0.3, -0.25) is 4.79 Å². The lowest BCUT2D eigenvalue weighted by molar-refractivity contribution is -0.118. The van der Waals surface area contributed by atoms with Gasteiger partial charge in [0.25, 0.3) is 0 Å². The Morgan fingerprint density at radius 2 is 1.95 bits per heavy atom. The SMILES string of the molecule is Cc1ccc(N)cc1NC(=O)C1C2C3CCC(C3)C12. The number of benzene rings is 1. The standard InChI is InChI=1S/C16H20N2O/c1-8-2-5-11(17)7-12(8)18-16(19)15-13-9-3-4-10(6-9)14(13)15/h2,5,7,9-10,13-15H,3-4,6,17H2,1H3,(H,18,19). The van der Waals surface area contributed by atoms with E-state index in [1.54, 1.807) is 0 Å². The van der Waals surface area contributed by atoms with Crippen molar-refractivity contribution in [3.05, 3.63) is 23.8 Å². The topological polar surface area (TPSA) is 55.1 Å². The Morgan fingerprint density at radius 3 is 2.63 bits per heavy atom. The molecule has 3 nitrogen and oxygen atoms in total. The highest BCUT2D eigenvalue weighted by molar-refractivity contribution is 5.96. The lowest BCUT2D eigenvalue weighted by atomic mass is 10.0. The zero-order valence-electron chi connectivity index (χ0n) is 11.2. The average Bonchev–Trinajstić information content (AvgIpc) is 2.83. The molecule has 1 aromatic carbocycles. The van der Waals surface area contributed by atoms with E-state index < -0.39 is 0 Å². The fourth-order valence-electron chi connectivity index (χ4n) is 4.67. The Balaban J connectivity index is 1.50. The zero-order valence-corrected chi connectivity index (χ0v) is 11.2. The summed E-state index contributed by atoms with van der Waals surface area (Å²) in [6.07, 6.45) is 4.09. The Labute approximate surface area is 113 Å². The molecule has 1 amide bonds. The van der Waals surface area contributed by atoms with E-state index in [4.69, 9.17) is 5.73 Å². The predicted molar refractivity (Wildman–Crippen MR) is 75.5 cm³/mol. The Hall–Kier alpha value is -1.51. The lowest BCUT2D eigenvalue weighted by Crippen LogP contribution is -2.19. The summed E-state index contributed by atoms with van der Waals surface area (Å²) in [6, 6.07) is 5.69. The molecule has 2 bridgehead atoms. The maximum absolute atomic E-state index is 12.4. The number of amides is 1. The van der Waals surface area contributed by atoms with Crippen LogP contribution in [-0.4, -0.2) is 5.91 Å². The van der Waals surface area contributed by atoms with E-state index in [-0.39, 0.29) is 11.8 Å². The van der Waals surface area contributed by atoms with E-state index in [0.29, 0.717) is 17.5 Å². The van der Waals surface area contributed by atoms with E-state index in [0.717, 1.165) is 23.1 Å². The minimum atomic E-state index is 0.222. The molecular formula is C16H20N2O. The third-order valence-electron chi connectivity index (χ3n) is 5.56. The first kappa shape index (κ1) is 11.3. The van der Waals surface area contributed by atoms with E-state index in [1.165, 1.54) is 19.3 Å². The molecule has 4 unspecified atom stereocenters. The molecule has 0 radical (unpaired) electrons. The summed E-state index contributed by atoms with van der Waals surface area (Å²) < 4.78 is 0. The number of hydrogen-bond acceptors (Lipinski definition) is 2. The second-order valence-electron chi connectivity index (χ2n) is 6.58. The number of hydrogen-bond donors (Lipinski definition) is 2. The van der Waals surface area contributed by atoms with E-state index >= 15 is 0 Å². The van der Waals surface area contributed by atoms with Gasteiger partial charge in [-0.15, -0.1) is 0 Å². The molecule has 3 saturated carbocycles. The maximum atomic E-state index is 12.4. The zero-order chi connectivity index (χ0) is 13.1. The molecule has 0 heterocycles. The summed E-state index contributed by atoms with van der Waals surface area (Å²) in [6.45, 7) is 2.01. The summed E-state index contributed by atoms with van der Waals surface area (Å²) in [5.41, 5.74) is 8.45. The van der Waals surface area contributed by atoms with Crippen molar-refractivity contribution in [2.45, 2.75) is 26.2 Å². The van der Waals surface area contributed by atoms with Crippen LogP contribution in [0.1, 0.15) is 24.8 Å². The fraction of sp³-hybridized carbons (Fsp3) is 0.562. The van der Waals surface area contributed by atoms with Crippen LogP contribution in [0.15, 0.2) is 18.2 Å². The molecule has 3 fully saturated rings. The van der Waals surface area contributed by atoms with Crippen molar-refractivity contribution in [3.63, 3.8) is 0 Å². The quantitative estimate of drug-likeness (QED) is 0.799. The molecule has 0 aliphatic heterocycles. The van der Waals surface area contributed by atoms with Crippen molar-refractivity contribution < 1.29 is 4.79 Å². The minimum Gasteiger partial charge on any atom is -0.399 e. The van der Waals surface area contributed by atoms with E-state index in [2.05, 4.69) is 5.32 Å². The molecule has 0 aromatic heterocycles. The first-order chi connectivity index (χ1) is 9.15. The predicted octanol–water partition coefficient (Wildman–Crippen LogP) is 2.81. The fourth-order valence-corrected chi connectivity index (χ4v) is 4.67. The van der Waals surface area contributed by atoms with Crippen molar-refractivity contribution in [2.24, 2.45) is 29.6 Å². The Bertz CT molecular complexity index is 538. The van der Waals surface area contributed by atoms with Gasteiger partial charge in [0.1, 0.15) is 0 Å². The molecule has 3 heteroatoms. The minimum absolute atomic E-state index is 0.222. The van der Waals surface area contributed by atoms with Gasteiger partial charge in [-0.2, -0.15) is 0 Å².